The van der Waals surface area contributed by atoms with Crippen LogP contribution in [0.4, 0.5) is 0 Å². The molecule has 0 saturated carbocycles. The molecule has 1 atom stereocenters. The first-order valence-corrected chi connectivity index (χ1v) is 6.49. The molecule has 0 amide bonds. The van der Waals surface area contributed by atoms with Crippen molar-refractivity contribution in [1.82, 2.24) is 10.3 Å². The number of aromatic nitrogens is 1. The first kappa shape index (κ1) is 13.6. The summed E-state index contributed by atoms with van der Waals surface area (Å²) in [6.45, 7) is 0. The zero-order valence-electron chi connectivity index (χ0n) is 9.62. The van der Waals surface area contributed by atoms with Crippen molar-refractivity contribution in [2.45, 2.75) is 6.04 Å². The fourth-order valence-electron chi connectivity index (χ4n) is 1.76. The summed E-state index contributed by atoms with van der Waals surface area (Å²) >= 11 is 18.0. The Morgan fingerprint density at radius 2 is 1.78 bits per heavy atom. The van der Waals surface area contributed by atoms with Crippen LogP contribution in [0.15, 0.2) is 36.5 Å². The van der Waals surface area contributed by atoms with Gasteiger partial charge in [-0.05, 0) is 42.9 Å². The fourth-order valence-corrected chi connectivity index (χ4v) is 2.28. The Morgan fingerprint density at radius 3 is 2.39 bits per heavy atom. The van der Waals surface area contributed by atoms with Crippen molar-refractivity contribution in [3.05, 3.63) is 62.9 Å². The normalized spacial score (nSPS) is 12.4. The second kappa shape index (κ2) is 5.89. The summed E-state index contributed by atoms with van der Waals surface area (Å²) < 4.78 is 0. The SMILES string of the molecule is CNC(c1ccc(Cl)cn1)c1cc(Cl)ccc1Cl. The third-order valence-electron chi connectivity index (χ3n) is 2.60. The Labute approximate surface area is 121 Å². The van der Waals surface area contributed by atoms with Gasteiger partial charge in [-0.15, -0.1) is 0 Å². The molecule has 1 unspecified atom stereocenters. The molecule has 0 aliphatic rings. The molecule has 0 aliphatic carbocycles. The van der Waals surface area contributed by atoms with E-state index in [1.165, 1.54) is 0 Å². The zero-order valence-corrected chi connectivity index (χ0v) is 11.9. The third-order valence-corrected chi connectivity index (χ3v) is 3.41. The lowest BCUT2D eigenvalue weighted by molar-refractivity contribution is 0.671. The number of nitrogens with zero attached hydrogens (tertiary/aromatic N) is 1. The lowest BCUT2D eigenvalue weighted by atomic mass is 10.0. The van der Waals surface area contributed by atoms with Crippen molar-refractivity contribution in [3.8, 4) is 0 Å². The molecule has 0 fully saturated rings. The highest BCUT2D eigenvalue weighted by molar-refractivity contribution is 6.33. The van der Waals surface area contributed by atoms with E-state index in [-0.39, 0.29) is 6.04 Å². The monoisotopic (exact) mass is 300 g/mol. The molecular weight excluding hydrogens is 291 g/mol. The number of halogens is 3. The Hall–Kier alpha value is -0.800. The summed E-state index contributed by atoms with van der Waals surface area (Å²) in [6.07, 6.45) is 1.61. The molecule has 1 N–H and O–H groups in total. The largest absolute Gasteiger partial charge is 0.308 e. The van der Waals surface area contributed by atoms with Gasteiger partial charge in [0.05, 0.1) is 16.8 Å². The fraction of sp³-hybridized carbons (Fsp3) is 0.154. The Kier molecular flexibility index (Phi) is 4.46. The standard InChI is InChI=1S/C13H11Cl3N2/c1-17-13(12-5-3-9(15)7-18-12)10-6-8(14)2-4-11(10)16/h2-7,13,17H,1H3. The molecule has 0 radical (unpaired) electrons. The van der Waals surface area contributed by atoms with E-state index >= 15 is 0 Å². The maximum Gasteiger partial charge on any atom is 0.0763 e. The summed E-state index contributed by atoms with van der Waals surface area (Å²) in [7, 11) is 1.85. The molecule has 0 saturated heterocycles. The highest BCUT2D eigenvalue weighted by Crippen LogP contribution is 2.29. The summed E-state index contributed by atoms with van der Waals surface area (Å²) in [5.41, 5.74) is 1.73. The number of hydrogen-bond donors (Lipinski definition) is 1. The maximum atomic E-state index is 6.20. The van der Waals surface area contributed by atoms with Crippen LogP contribution in [0.2, 0.25) is 15.1 Å². The van der Waals surface area contributed by atoms with Crippen LogP contribution in [0.5, 0.6) is 0 Å². The van der Waals surface area contributed by atoms with Crippen LogP contribution in [0, 0.1) is 0 Å². The van der Waals surface area contributed by atoms with Crippen molar-refractivity contribution >= 4 is 34.8 Å². The highest BCUT2D eigenvalue weighted by atomic mass is 35.5. The van der Waals surface area contributed by atoms with E-state index in [2.05, 4.69) is 10.3 Å². The van der Waals surface area contributed by atoms with Crippen LogP contribution in [0.25, 0.3) is 0 Å². The lowest BCUT2D eigenvalue weighted by Gasteiger charge is -2.17. The molecular formula is C13H11Cl3N2. The smallest absolute Gasteiger partial charge is 0.0763 e. The van der Waals surface area contributed by atoms with E-state index in [1.54, 1.807) is 24.4 Å². The van der Waals surface area contributed by atoms with Gasteiger partial charge >= 0.3 is 0 Å². The average molecular weight is 302 g/mol. The zero-order chi connectivity index (χ0) is 13.1. The molecule has 2 rings (SSSR count). The second-order valence-electron chi connectivity index (χ2n) is 3.79. The van der Waals surface area contributed by atoms with Gasteiger partial charge in [0, 0.05) is 16.2 Å². The number of rotatable bonds is 3. The quantitative estimate of drug-likeness (QED) is 0.911. The van der Waals surface area contributed by atoms with Crippen LogP contribution in [0.1, 0.15) is 17.3 Å². The Morgan fingerprint density at radius 1 is 1.06 bits per heavy atom. The van der Waals surface area contributed by atoms with Gasteiger partial charge in [0.1, 0.15) is 0 Å². The minimum absolute atomic E-state index is 0.117. The van der Waals surface area contributed by atoms with E-state index in [9.17, 15) is 0 Å². The van der Waals surface area contributed by atoms with Gasteiger partial charge in [0.25, 0.3) is 0 Å². The van der Waals surface area contributed by atoms with E-state index in [0.717, 1.165) is 11.3 Å². The Balaban J connectivity index is 2.44. The summed E-state index contributed by atoms with van der Waals surface area (Å²) in [4.78, 5) is 4.30. The average Bonchev–Trinajstić information content (AvgIpc) is 2.37. The molecule has 1 aromatic heterocycles. The van der Waals surface area contributed by atoms with Gasteiger partial charge in [-0.2, -0.15) is 0 Å². The van der Waals surface area contributed by atoms with Gasteiger partial charge in [-0.25, -0.2) is 0 Å². The molecule has 18 heavy (non-hydrogen) atoms. The minimum atomic E-state index is -0.117. The molecule has 2 nitrogen and oxygen atoms in total. The van der Waals surface area contributed by atoms with Gasteiger partial charge < -0.3 is 5.32 Å². The summed E-state index contributed by atoms with van der Waals surface area (Å²) in [5.74, 6) is 0. The minimum Gasteiger partial charge on any atom is -0.308 e. The molecule has 1 aromatic carbocycles. The highest BCUT2D eigenvalue weighted by Gasteiger charge is 2.16. The van der Waals surface area contributed by atoms with Crippen LogP contribution in [0.3, 0.4) is 0 Å². The van der Waals surface area contributed by atoms with E-state index in [1.807, 2.05) is 19.2 Å². The predicted molar refractivity (Wildman–Crippen MR) is 76.6 cm³/mol. The van der Waals surface area contributed by atoms with Crippen molar-refractivity contribution in [1.29, 1.82) is 0 Å². The number of hydrogen-bond acceptors (Lipinski definition) is 2. The molecule has 94 valence electrons. The molecule has 5 heteroatoms. The molecule has 0 aliphatic heterocycles. The second-order valence-corrected chi connectivity index (χ2v) is 5.07. The first-order chi connectivity index (χ1) is 8.61. The Bertz CT molecular complexity index is 540. The van der Waals surface area contributed by atoms with Crippen molar-refractivity contribution in [2.24, 2.45) is 0 Å². The number of benzene rings is 1. The molecule has 0 spiro atoms. The molecule has 0 bridgehead atoms. The maximum absolute atomic E-state index is 6.20. The van der Waals surface area contributed by atoms with E-state index in [0.29, 0.717) is 15.1 Å². The van der Waals surface area contributed by atoms with Crippen LogP contribution in [-0.2, 0) is 0 Å². The van der Waals surface area contributed by atoms with Gasteiger partial charge in [0.15, 0.2) is 0 Å². The molecule has 1 heterocycles. The molecule has 2 aromatic rings. The predicted octanol–water partition coefficient (Wildman–Crippen LogP) is 4.35. The number of nitrogens with one attached hydrogen (secondary N) is 1. The van der Waals surface area contributed by atoms with E-state index in [4.69, 9.17) is 34.8 Å². The topological polar surface area (TPSA) is 24.9 Å². The van der Waals surface area contributed by atoms with Crippen molar-refractivity contribution in [3.63, 3.8) is 0 Å². The first-order valence-electron chi connectivity index (χ1n) is 5.35. The van der Waals surface area contributed by atoms with Gasteiger partial charge in [-0.3, -0.25) is 4.98 Å². The number of pyridine rings is 1. The van der Waals surface area contributed by atoms with Crippen molar-refractivity contribution in [2.75, 3.05) is 7.05 Å². The van der Waals surface area contributed by atoms with Crippen molar-refractivity contribution < 1.29 is 0 Å². The van der Waals surface area contributed by atoms with Crippen LogP contribution < -0.4 is 5.32 Å². The summed E-state index contributed by atoms with van der Waals surface area (Å²) in [5, 5.41) is 5.07. The third kappa shape index (κ3) is 2.96. The van der Waals surface area contributed by atoms with Gasteiger partial charge in [-0.1, -0.05) is 34.8 Å². The van der Waals surface area contributed by atoms with Crippen LogP contribution in [-0.4, -0.2) is 12.0 Å². The van der Waals surface area contributed by atoms with Gasteiger partial charge in [0.2, 0.25) is 0 Å². The summed E-state index contributed by atoms with van der Waals surface area (Å²) in [6, 6.07) is 8.91. The lowest BCUT2D eigenvalue weighted by Crippen LogP contribution is -2.19. The van der Waals surface area contributed by atoms with Crippen LogP contribution >= 0.6 is 34.8 Å². The van der Waals surface area contributed by atoms with E-state index < -0.39 is 0 Å².